The number of hydrogen-bond acceptors (Lipinski definition) is 3. The van der Waals surface area contributed by atoms with Gasteiger partial charge in [0.2, 0.25) is 0 Å². The van der Waals surface area contributed by atoms with Crippen LogP contribution in [0.25, 0.3) is 10.9 Å². The van der Waals surface area contributed by atoms with Crippen molar-refractivity contribution in [2.24, 2.45) is 0 Å². The van der Waals surface area contributed by atoms with E-state index in [2.05, 4.69) is 26.2 Å². The van der Waals surface area contributed by atoms with E-state index in [-0.39, 0.29) is 5.69 Å². The molecule has 0 radical (unpaired) electrons. The zero-order chi connectivity index (χ0) is 14.0. The van der Waals surface area contributed by atoms with E-state index in [1.165, 1.54) is 13.2 Å². The second-order valence-electron chi connectivity index (χ2n) is 3.90. The lowest BCUT2D eigenvalue weighted by atomic mass is 10.1. The molecule has 0 unspecified atom stereocenters. The molecular formula is C13H13BrF2N2O. The second-order valence-corrected chi connectivity index (χ2v) is 4.75. The average molecular weight is 331 g/mol. The molecule has 0 spiro atoms. The Kier molecular flexibility index (Phi) is 4.19. The topological polar surface area (TPSA) is 34.2 Å². The Hall–Kier alpha value is -1.43. The quantitative estimate of drug-likeness (QED) is 0.903. The van der Waals surface area contributed by atoms with E-state index < -0.39 is 6.43 Å². The fourth-order valence-electron chi connectivity index (χ4n) is 1.90. The van der Waals surface area contributed by atoms with Gasteiger partial charge in [-0.2, -0.15) is 0 Å². The number of anilines is 1. The second kappa shape index (κ2) is 5.69. The highest BCUT2D eigenvalue weighted by Gasteiger charge is 2.17. The first-order valence-corrected chi connectivity index (χ1v) is 6.57. The standard InChI is InChI=1S/C13H13BrF2N2O/c1-3-17-8-6-9(13(15)16)18-12-10(19-2)5-4-7(14)11(8)12/h4-6,13H,3H2,1-2H3,(H,17,18). The third-order valence-corrected chi connectivity index (χ3v) is 3.36. The third kappa shape index (κ3) is 2.63. The molecule has 0 atom stereocenters. The van der Waals surface area contributed by atoms with Gasteiger partial charge < -0.3 is 10.1 Å². The lowest BCUT2D eigenvalue weighted by Crippen LogP contribution is -2.02. The zero-order valence-electron chi connectivity index (χ0n) is 10.5. The molecule has 102 valence electrons. The number of methoxy groups -OCH3 is 1. The molecule has 1 aromatic carbocycles. The highest BCUT2D eigenvalue weighted by atomic mass is 79.9. The van der Waals surface area contributed by atoms with Gasteiger partial charge in [-0.3, -0.25) is 0 Å². The van der Waals surface area contributed by atoms with E-state index in [9.17, 15) is 8.78 Å². The summed E-state index contributed by atoms with van der Waals surface area (Å²) in [6.45, 7) is 2.54. The summed E-state index contributed by atoms with van der Waals surface area (Å²) in [6, 6.07) is 4.89. The summed E-state index contributed by atoms with van der Waals surface area (Å²) >= 11 is 3.42. The highest BCUT2D eigenvalue weighted by Crippen LogP contribution is 2.37. The lowest BCUT2D eigenvalue weighted by molar-refractivity contribution is 0.146. The maximum Gasteiger partial charge on any atom is 0.280 e. The summed E-state index contributed by atoms with van der Waals surface area (Å²) in [5, 5.41) is 3.82. The molecule has 2 rings (SSSR count). The van der Waals surface area contributed by atoms with Gasteiger partial charge in [-0.25, -0.2) is 13.8 Å². The minimum absolute atomic E-state index is 0.264. The predicted octanol–water partition coefficient (Wildman–Crippen LogP) is 4.38. The first kappa shape index (κ1) is 14.0. The number of ether oxygens (including phenoxy) is 1. The number of aromatic nitrogens is 1. The Morgan fingerprint density at radius 2 is 2.16 bits per heavy atom. The van der Waals surface area contributed by atoms with E-state index in [1.807, 2.05) is 13.0 Å². The monoisotopic (exact) mass is 330 g/mol. The third-order valence-electron chi connectivity index (χ3n) is 2.70. The summed E-state index contributed by atoms with van der Waals surface area (Å²) in [5.41, 5.74) is 0.777. The minimum atomic E-state index is -2.62. The van der Waals surface area contributed by atoms with Crippen LogP contribution in [0.2, 0.25) is 0 Å². The van der Waals surface area contributed by atoms with Crippen molar-refractivity contribution in [3.05, 3.63) is 28.4 Å². The molecule has 6 heteroatoms. The van der Waals surface area contributed by atoms with Gasteiger partial charge in [-0.1, -0.05) is 15.9 Å². The molecule has 0 amide bonds. The van der Waals surface area contributed by atoms with Gasteiger partial charge in [0, 0.05) is 22.1 Å². The van der Waals surface area contributed by atoms with E-state index in [1.54, 1.807) is 6.07 Å². The Labute approximate surface area is 118 Å². The van der Waals surface area contributed by atoms with Crippen LogP contribution in [0.3, 0.4) is 0 Å². The number of fused-ring (bicyclic) bond motifs is 1. The number of halogens is 3. The highest BCUT2D eigenvalue weighted by molar-refractivity contribution is 9.10. The number of nitrogens with zero attached hydrogens (tertiary/aromatic N) is 1. The fourth-order valence-corrected chi connectivity index (χ4v) is 2.44. The van der Waals surface area contributed by atoms with E-state index in [0.717, 1.165) is 9.86 Å². The lowest BCUT2D eigenvalue weighted by Gasteiger charge is -2.14. The molecule has 0 aliphatic heterocycles. The average Bonchev–Trinajstić information content (AvgIpc) is 2.39. The maximum atomic E-state index is 12.9. The van der Waals surface area contributed by atoms with Crippen LogP contribution in [0.15, 0.2) is 22.7 Å². The van der Waals surface area contributed by atoms with Gasteiger partial charge >= 0.3 is 0 Å². The number of pyridine rings is 1. The van der Waals surface area contributed by atoms with E-state index >= 15 is 0 Å². The smallest absolute Gasteiger partial charge is 0.280 e. The molecule has 0 saturated heterocycles. The molecule has 0 aliphatic carbocycles. The molecule has 1 heterocycles. The van der Waals surface area contributed by atoms with Gasteiger partial charge in [-0.15, -0.1) is 0 Å². The van der Waals surface area contributed by atoms with Crippen molar-refractivity contribution in [1.29, 1.82) is 0 Å². The first-order chi connectivity index (χ1) is 9.08. The molecule has 0 bridgehead atoms. The molecule has 19 heavy (non-hydrogen) atoms. The van der Waals surface area contributed by atoms with Crippen molar-refractivity contribution < 1.29 is 13.5 Å². The number of nitrogens with one attached hydrogen (secondary N) is 1. The molecule has 0 saturated carbocycles. The SMILES string of the molecule is CCNc1cc(C(F)F)nc2c(OC)ccc(Br)c12. The molecule has 1 N–H and O–H groups in total. The van der Waals surface area contributed by atoms with Crippen LogP contribution in [-0.4, -0.2) is 18.6 Å². The fraction of sp³-hybridized carbons (Fsp3) is 0.308. The minimum Gasteiger partial charge on any atom is -0.494 e. The molecule has 3 nitrogen and oxygen atoms in total. The largest absolute Gasteiger partial charge is 0.494 e. The first-order valence-electron chi connectivity index (χ1n) is 5.77. The predicted molar refractivity (Wildman–Crippen MR) is 75.1 cm³/mol. The van der Waals surface area contributed by atoms with E-state index in [0.29, 0.717) is 23.5 Å². The Morgan fingerprint density at radius 3 is 2.74 bits per heavy atom. The number of alkyl halides is 2. The van der Waals surface area contributed by atoms with Crippen molar-refractivity contribution in [3.63, 3.8) is 0 Å². The summed E-state index contributed by atoms with van der Waals surface area (Å²) < 4.78 is 31.8. The van der Waals surface area contributed by atoms with Crippen molar-refractivity contribution in [2.45, 2.75) is 13.3 Å². The van der Waals surface area contributed by atoms with Crippen molar-refractivity contribution in [1.82, 2.24) is 4.98 Å². The molecule has 1 aromatic heterocycles. The van der Waals surface area contributed by atoms with Gasteiger partial charge in [0.25, 0.3) is 6.43 Å². The Balaban J connectivity index is 2.81. The normalized spacial score (nSPS) is 11.1. The van der Waals surface area contributed by atoms with E-state index in [4.69, 9.17) is 4.74 Å². The Morgan fingerprint density at radius 1 is 1.42 bits per heavy atom. The van der Waals surface area contributed by atoms with Crippen LogP contribution >= 0.6 is 15.9 Å². The van der Waals surface area contributed by atoms with Gasteiger partial charge in [0.05, 0.1) is 7.11 Å². The molecule has 2 aromatic rings. The van der Waals surface area contributed by atoms with Crippen LogP contribution in [-0.2, 0) is 0 Å². The van der Waals surface area contributed by atoms with Crippen LogP contribution < -0.4 is 10.1 Å². The molecule has 0 aliphatic rings. The van der Waals surface area contributed by atoms with Crippen molar-refractivity contribution >= 4 is 32.5 Å². The van der Waals surface area contributed by atoms with Crippen LogP contribution in [0, 0.1) is 0 Å². The molecule has 0 fully saturated rings. The van der Waals surface area contributed by atoms with Crippen LogP contribution in [0.4, 0.5) is 14.5 Å². The number of hydrogen-bond donors (Lipinski definition) is 1. The molecular weight excluding hydrogens is 318 g/mol. The summed E-state index contributed by atoms with van der Waals surface area (Å²) in [7, 11) is 1.49. The van der Waals surface area contributed by atoms with Crippen LogP contribution in [0.5, 0.6) is 5.75 Å². The number of benzene rings is 1. The zero-order valence-corrected chi connectivity index (χ0v) is 12.1. The summed E-state index contributed by atoms with van der Waals surface area (Å²) in [4.78, 5) is 4.00. The van der Waals surface area contributed by atoms with Crippen molar-refractivity contribution in [3.8, 4) is 5.75 Å². The van der Waals surface area contributed by atoms with Gasteiger partial charge in [0.1, 0.15) is 17.0 Å². The summed E-state index contributed by atoms with van der Waals surface area (Å²) in [6.07, 6.45) is -2.62. The van der Waals surface area contributed by atoms with Gasteiger partial charge in [0.15, 0.2) is 0 Å². The van der Waals surface area contributed by atoms with Crippen molar-refractivity contribution in [2.75, 3.05) is 19.0 Å². The van der Waals surface area contributed by atoms with Gasteiger partial charge in [-0.05, 0) is 25.1 Å². The number of rotatable bonds is 4. The maximum absolute atomic E-state index is 12.9. The Bertz CT molecular complexity index is 605. The van der Waals surface area contributed by atoms with Crippen LogP contribution in [0.1, 0.15) is 19.0 Å². The summed E-state index contributed by atoms with van der Waals surface area (Å²) in [5.74, 6) is 0.472.